The standard InChI is InChI=1S/C17H22N2O3S/c1-2-14-23(21,22)18-12-5-6-15-8-10-16(11-9-15)19-13-4-3-7-17(19)20/h8-11,18H,2-4,7,12-14H2,1H3. The van der Waals surface area contributed by atoms with Crippen LogP contribution < -0.4 is 9.62 Å². The molecule has 1 fully saturated rings. The van der Waals surface area contributed by atoms with Crippen molar-refractivity contribution in [2.45, 2.75) is 32.6 Å². The highest BCUT2D eigenvalue weighted by Crippen LogP contribution is 2.20. The zero-order chi connectivity index (χ0) is 16.7. The van der Waals surface area contributed by atoms with E-state index in [0.717, 1.165) is 30.6 Å². The minimum absolute atomic E-state index is 0.106. The molecule has 0 bridgehead atoms. The molecule has 124 valence electrons. The van der Waals surface area contributed by atoms with Crippen LogP contribution in [0, 0.1) is 11.8 Å². The largest absolute Gasteiger partial charge is 0.312 e. The number of hydrogen-bond donors (Lipinski definition) is 1. The molecule has 0 atom stereocenters. The minimum Gasteiger partial charge on any atom is -0.312 e. The van der Waals surface area contributed by atoms with Crippen molar-refractivity contribution < 1.29 is 13.2 Å². The van der Waals surface area contributed by atoms with Gasteiger partial charge in [-0.2, -0.15) is 0 Å². The van der Waals surface area contributed by atoms with Gasteiger partial charge < -0.3 is 4.90 Å². The third kappa shape index (κ3) is 5.38. The molecule has 6 heteroatoms. The van der Waals surface area contributed by atoms with E-state index in [1.807, 2.05) is 31.2 Å². The maximum absolute atomic E-state index is 11.9. The van der Waals surface area contributed by atoms with E-state index in [-0.39, 0.29) is 18.2 Å². The summed E-state index contributed by atoms with van der Waals surface area (Å²) in [6, 6.07) is 7.47. The number of benzene rings is 1. The van der Waals surface area contributed by atoms with E-state index in [9.17, 15) is 13.2 Å². The third-order valence-corrected chi connectivity index (χ3v) is 5.12. The van der Waals surface area contributed by atoms with Gasteiger partial charge in [0.1, 0.15) is 0 Å². The molecule has 0 saturated carbocycles. The Kier molecular flexibility index (Phi) is 6.20. The van der Waals surface area contributed by atoms with Crippen molar-refractivity contribution in [3.8, 4) is 11.8 Å². The number of amides is 1. The fourth-order valence-corrected chi connectivity index (χ4v) is 3.41. The topological polar surface area (TPSA) is 66.5 Å². The average molecular weight is 334 g/mol. The Hall–Kier alpha value is -1.84. The lowest BCUT2D eigenvalue weighted by Crippen LogP contribution is -2.35. The smallest absolute Gasteiger partial charge is 0.226 e. The molecule has 1 amide bonds. The first-order valence-corrected chi connectivity index (χ1v) is 9.54. The Labute approximate surface area is 138 Å². The Balaban J connectivity index is 1.93. The maximum atomic E-state index is 11.9. The molecule has 1 aliphatic rings. The summed E-state index contributed by atoms with van der Waals surface area (Å²) in [5, 5.41) is 0. The van der Waals surface area contributed by atoms with Gasteiger partial charge in [-0.25, -0.2) is 13.1 Å². The predicted octanol–water partition coefficient (Wildman–Crippen LogP) is 1.88. The van der Waals surface area contributed by atoms with Gasteiger partial charge in [0.2, 0.25) is 15.9 Å². The SMILES string of the molecule is CCCS(=O)(=O)NCC#Cc1ccc(N2CCCCC2=O)cc1. The van der Waals surface area contributed by atoms with Gasteiger partial charge in [0.15, 0.2) is 0 Å². The van der Waals surface area contributed by atoms with E-state index >= 15 is 0 Å². The number of nitrogens with one attached hydrogen (secondary N) is 1. The molecule has 0 spiro atoms. The highest BCUT2D eigenvalue weighted by Gasteiger charge is 2.19. The molecule has 1 aromatic carbocycles. The fourth-order valence-electron chi connectivity index (χ4n) is 2.44. The van der Waals surface area contributed by atoms with Crippen molar-refractivity contribution in [1.29, 1.82) is 0 Å². The van der Waals surface area contributed by atoms with Crippen LogP contribution in [0.3, 0.4) is 0 Å². The van der Waals surface area contributed by atoms with Gasteiger partial charge in [-0.05, 0) is 43.5 Å². The molecule has 1 aromatic rings. The zero-order valence-electron chi connectivity index (χ0n) is 13.3. The summed E-state index contributed by atoms with van der Waals surface area (Å²) >= 11 is 0. The second-order valence-corrected chi connectivity index (χ2v) is 7.42. The minimum atomic E-state index is -3.21. The summed E-state index contributed by atoms with van der Waals surface area (Å²) in [5.74, 6) is 6.01. The zero-order valence-corrected chi connectivity index (χ0v) is 14.2. The molecule has 0 aromatic heterocycles. The lowest BCUT2D eigenvalue weighted by molar-refractivity contribution is -0.119. The van der Waals surface area contributed by atoms with Crippen molar-refractivity contribution in [1.82, 2.24) is 4.72 Å². The Bertz CT molecular complexity index is 700. The molecule has 0 unspecified atom stereocenters. The number of sulfonamides is 1. The Morgan fingerprint density at radius 3 is 2.61 bits per heavy atom. The van der Waals surface area contributed by atoms with Crippen molar-refractivity contribution in [2.24, 2.45) is 0 Å². The van der Waals surface area contributed by atoms with Gasteiger partial charge in [-0.15, -0.1) is 0 Å². The van der Waals surface area contributed by atoms with Crippen molar-refractivity contribution in [2.75, 3.05) is 23.7 Å². The Morgan fingerprint density at radius 1 is 1.22 bits per heavy atom. The van der Waals surface area contributed by atoms with Gasteiger partial charge >= 0.3 is 0 Å². The van der Waals surface area contributed by atoms with E-state index in [1.165, 1.54) is 0 Å². The molecule has 23 heavy (non-hydrogen) atoms. The van der Waals surface area contributed by atoms with Crippen molar-refractivity contribution >= 4 is 21.6 Å². The van der Waals surface area contributed by atoms with E-state index < -0.39 is 10.0 Å². The van der Waals surface area contributed by atoms with Crippen LogP contribution in [0.2, 0.25) is 0 Å². The summed E-state index contributed by atoms with van der Waals surface area (Å²) in [7, 11) is -3.21. The van der Waals surface area contributed by atoms with Crippen LogP contribution in [0.4, 0.5) is 5.69 Å². The number of carbonyl (C=O) groups is 1. The fraction of sp³-hybridized carbons (Fsp3) is 0.471. The van der Waals surface area contributed by atoms with Gasteiger partial charge in [0.05, 0.1) is 12.3 Å². The van der Waals surface area contributed by atoms with Gasteiger partial charge in [-0.3, -0.25) is 4.79 Å². The van der Waals surface area contributed by atoms with Crippen LogP contribution in [0.15, 0.2) is 24.3 Å². The first-order chi connectivity index (χ1) is 11.0. The van der Waals surface area contributed by atoms with Crippen LogP contribution in [-0.4, -0.2) is 33.2 Å². The van der Waals surface area contributed by atoms with Crippen LogP contribution in [-0.2, 0) is 14.8 Å². The lowest BCUT2D eigenvalue weighted by Gasteiger charge is -2.26. The van der Waals surface area contributed by atoms with Crippen LogP contribution >= 0.6 is 0 Å². The highest BCUT2D eigenvalue weighted by atomic mass is 32.2. The number of nitrogens with zero attached hydrogens (tertiary/aromatic N) is 1. The van der Waals surface area contributed by atoms with Gasteiger partial charge in [-0.1, -0.05) is 18.8 Å². The van der Waals surface area contributed by atoms with Gasteiger partial charge in [0, 0.05) is 24.2 Å². The van der Waals surface area contributed by atoms with E-state index in [2.05, 4.69) is 16.6 Å². The number of rotatable bonds is 5. The first kappa shape index (κ1) is 17.5. The summed E-state index contributed by atoms with van der Waals surface area (Å²) in [6.45, 7) is 2.69. The lowest BCUT2D eigenvalue weighted by atomic mass is 10.1. The maximum Gasteiger partial charge on any atom is 0.226 e. The number of piperidine rings is 1. The first-order valence-electron chi connectivity index (χ1n) is 7.88. The molecule has 1 aliphatic heterocycles. The molecule has 0 radical (unpaired) electrons. The summed E-state index contributed by atoms with van der Waals surface area (Å²) in [4.78, 5) is 13.7. The van der Waals surface area contributed by atoms with Crippen LogP contribution in [0.25, 0.3) is 0 Å². The molecular weight excluding hydrogens is 312 g/mol. The predicted molar refractivity (Wildman–Crippen MR) is 91.6 cm³/mol. The van der Waals surface area contributed by atoms with E-state index in [1.54, 1.807) is 4.90 Å². The highest BCUT2D eigenvalue weighted by molar-refractivity contribution is 7.89. The van der Waals surface area contributed by atoms with Crippen LogP contribution in [0.5, 0.6) is 0 Å². The number of anilines is 1. The van der Waals surface area contributed by atoms with Crippen molar-refractivity contribution in [3.05, 3.63) is 29.8 Å². The molecule has 1 N–H and O–H groups in total. The summed E-state index contributed by atoms with van der Waals surface area (Å²) in [5.41, 5.74) is 1.69. The van der Waals surface area contributed by atoms with Gasteiger partial charge in [0.25, 0.3) is 0 Å². The number of carbonyl (C=O) groups excluding carboxylic acids is 1. The number of hydrogen-bond acceptors (Lipinski definition) is 3. The van der Waals surface area contributed by atoms with E-state index in [0.29, 0.717) is 12.8 Å². The third-order valence-electron chi connectivity index (χ3n) is 3.59. The molecular formula is C17H22N2O3S. The average Bonchev–Trinajstić information content (AvgIpc) is 2.53. The summed E-state index contributed by atoms with van der Waals surface area (Å²) < 4.78 is 25.4. The second kappa shape index (κ2) is 8.14. The molecule has 2 rings (SSSR count). The molecule has 0 aliphatic carbocycles. The quantitative estimate of drug-likeness (QED) is 0.836. The van der Waals surface area contributed by atoms with Crippen LogP contribution in [0.1, 0.15) is 38.2 Å². The van der Waals surface area contributed by atoms with E-state index in [4.69, 9.17) is 0 Å². The molecule has 5 nitrogen and oxygen atoms in total. The normalized spacial score (nSPS) is 15.2. The van der Waals surface area contributed by atoms with Crippen molar-refractivity contribution in [3.63, 3.8) is 0 Å². The summed E-state index contributed by atoms with van der Waals surface area (Å²) in [6.07, 6.45) is 3.19. The second-order valence-electron chi connectivity index (χ2n) is 5.49. The Morgan fingerprint density at radius 2 is 1.96 bits per heavy atom. The molecule has 1 heterocycles. The monoisotopic (exact) mass is 334 g/mol. The molecule has 1 saturated heterocycles.